The fourth-order valence-corrected chi connectivity index (χ4v) is 3.52. The molecule has 0 saturated carbocycles. The smallest absolute Gasteiger partial charge is 0.410 e. The molecule has 1 aromatic heterocycles. The first-order valence-electron chi connectivity index (χ1n) is 11.0. The summed E-state index contributed by atoms with van der Waals surface area (Å²) in [6.07, 6.45) is 4.17. The number of hydrogen-bond acceptors (Lipinski definition) is 4. The number of aromatic nitrogens is 2. The summed E-state index contributed by atoms with van der Waals surface area (Å²) in [5, 5.41) is 11.3. The minimum atomic E-state index is -0.501. The quantitative estimate of drug-likeness (QED) is 0.324. The van der Waals surface area contributed by atoms with Crippen LogP contribution in [0.25, 0.3) is 5.69 Å². The van der Waals surface area contributed by atoms with Gasteiger partial charge in [-0.1, -0.05) is 0 Å². The van der Waals surface area contributed by atoms with Crippen LogP contribution in [0.4, 0.5) is 9.18 Å². The molecule has 182 valence electrons. The molecule has 2 heterocycles. The molecule has 2 aromatic rings. The number of aliphatic imine (C=N–C) groups is 1. The molecule has 1 amide bonds. The van der Waals surface area contributed by atoms with E-state index in [4.69, 9.17) is 4.74 Å². The average molecular weight is 572 g/mol. The SMILES string of the molecule is CN=C(NCCc1ccn(-c2ccc(F)cc2)n1)NC1CCCN(C(=O)OC(C)(C)C)C1.I. The number of hydrogen-bond donors (Lipinski definition) is 2. The van der Waals surface area contributed by atoms with Gasteiger partial charge in [0.25, 0.3) is 0 Å². The van der Waals surface area contributed by atoms with E-state index in [1.165, 1.54) is 12.1 Å². The molecule has 0 radical (unpaired) electrons. The monoisotopic (exact) mass is 572 g/mol. The molecule has 10 heteroatoms. The highest BCUT2D eigenvalue weighted by Crippen LogP contribution is 2.15. The third-order valence-electron chi connectivity index (χ3n) is 5.05. The standard InChI is InChI=1S/C23H33FN6O2.HI/c1-23(2,3)32-22(31)29-14-5-6-19(16-29)27-21(25-4)26-13-11-18-12-15-30(28-18)20-9-7-17(24)8-10-20;/h7-10,12,15,19H,5-6,11,13-14,16H2,1-4H3,(H2,25,26,27);1H. The number of ether oxygens (including phenoxy) is 1. The van der Waals surface area contributed by atoms with Gasteiger partial charge in [-0.2, -0.15) is 5.10 Å². The van der Waals surface area contributed by atoms with E-state index in [2.05, 4.69) is 20.7 Å². The number of rotatable bonds is 5. The van der Waals surface area contributed by atoms with Crippen LogP contribution in [0, 0.1) is 5.82 Å². The van der Waals surface area contributed by atoms with E-state index in [-0.39, 0.29) is 41.9 Å². The highest BCUT2D eigenvalue weighted by molar-refractivity contribution is 14.0. The Bertz CT molecular complexity index is 926. The van der Waals surface area contributed by atoms with E-state index in [0.29, 0.717) is 32.0 Å². The van der Waals surface area contributed by atoms with Crippen molar-refractivity contribution < 1.29 is 13.9 Å². The Balaban J connectivity index is 0.00000385. The van der Waals surface area contributed by atoms with E-state index in [9.17, 15) is 9.18 Å². The number of halogens is 2. The lowest BCUT2D eigenvalue weighted by Crippen LogP contribution is -2.53. The van der Waals surface area contributed by atoms with Crippen molar-refractivity contribution in [1.29, 1.82) is 0 Å². The Morgan fingerprint density at radius 2 is 2.00 bits per heavy atom. The number of nitrogens with zero attached hydrogens (tertiary/aromatic N) is 4. The summed E-state index contributed by atoms with van der Waals surface area (Å²) in [5.41, 5.74) is 1.24. The molecule has 1 aromatic carbocycles. The molecule has 1 aliphatic heterocycles. The van der Waals surface area contributed by atoms with Gasteiger partial charge >= 0.3 is 6.09 Å². The molecule has 1 atom stereocenters. The maximum atomic E-state index is 13.1. The van der Waals surface area contributed by atoms with Crippen LogP contribution in [0.15, 0.2) is 41.5 Å². The van der Waals surface area contributed by atoms with E-state index in [1.54, 1.807) is 28.8 Å². The summed E-state index contributed by atoms with van der Waals surface area (Å²) < 4.78 is 20.3. The van der Waals surface area contributed by atoms with Crippen molar-refractivity contribution in [3.63, 3.8) is 0 Å². The third kappa shape index (κ3) is 8.49. The van der Waals surface area contributed by atoms with Gasteiger partial charge in [-0.15, -0.1) is 24.0 Å². The zero-order valence-electron chi connectivity index (χ0n) is 19.7. The second-order valence-corrected chi connectivity index (χ2v) is 8.89. The van der Waals surface area contributed by atoms with Crippen LogP contribution in [0.3, 0.4) is 0 Å². The Morgan fingerprint density at radius 1 is 1.27 bits per heavy atom. The molecule has 3 rings (SSSR count). The molecule has 1 saturated heterocycles. The molecule has 0 spiro atoms. The van der Waals surface area contributed by atoms with Gasteiger partial charge in [0, 0.05) is 45.3 Å². The fourth-order valence-electron chi connectivity index (χ4n) is 3.52. The number of guanidine groups is 1. The molecule has 1 unspecified atom stereocenters. The first kappa shape index (κ1) is 26.9. The van der Waals surface area contributed by atoms with Gasteiger partial charge in [-0.25, -0.2) is 13.9 Å². The Kier molecular flexibility index (Phi) is 9.93. The van der Waals surface area contributed by atoms with Crippen molar-refractivity contribution in [3.05, 3.63) is 48.0 Å². The largest absolute Gasteiger partial charge is 0.444 e. The lowest BCUT2D eigenvalue weighted by atomic mass is 10.1. The van der Waals surface area contributed by atoms with Crippen molar-refractivity contribution in [2.45, 2.75) is 51.7 Å². The van der Waals surface area contributed by atoms with Crippen molar-refractivity contribution in [2.75, 3.05) is 26.7 Å². The molecule has 8 nitrogen and oxygen atoms in total. The molecule has 1 aliphatic rings. The third-order valence-corrected chi connectivity index (χ3v) is 5.05. The van der Waals surface area contributed by atoms with Crippen LogP contribution in [0.1, 0.15) is 39.3 Å². The summed E-state index contributed by atoms with van der Waals surface area (Å²) in [6, 6.07) is 8.29. The van der Waals surface area contributed by atoms with Gasteiger partial charge < -0.3 is 20.3 Å². The van der Waals surface area contributed by atoms with Crippen LogP contribution >= 0.6 is 24.0 Å². The molecular weight excluding hydrogens is 538 g/mol. The molecule has 0 bridgehead atoms. The predicted octanol–water partition coefficient (Wildman–Crippen LogP) is 3.74. The van der Waals surface area contributed by atoms with Crippen LogP contribution < -0.4 is 10.6 Å². The maximum absolute atomic E-state index is 13.1. The highest BCUT2D eigenvalue weighted by Gasteiger charge is 2.28. The van der Waals surface area contributed by atoms with E-state index in [0.717, 1.165) is 24.2 Å². The average Bonchev–Trinajstić information content (AvgIpc) is 3.21. The fraction of sp³-hybridized carbons (Fsp3) is 0.522. The van der Waals surface area contributed by atoms with Gasteiger partial charge in [-0.3, -0.25) is 4.99 Å². The Morgan fingerprint density at radius 3 is 2.67 bits per heavy atom. The van der Waals surface area contributed by atoms with Crippen molar-refractivity contribution in [1.82, 2.24) is 25.3 Å². The Labute approximate surface area is 212 Å². The van der Waals surface area contributed by atoms with E-state index < -0.39 is 5.60 Å². The number of nitrogens with one attached hydrogen (secondary N) is 2. The minimum absolute atomic E-state index is 0. The predicted molar refractivity (Wildman–Crippen MR) is 138 cm³/mol. The second kappa shape index (κ2) is 12.2. The van der Waals surface area contributed by atoms with Crippen LogP contribution in [0.2, 0.25) is 0 Å². The zero-order valence-corrected chi connectivity index (χ0v) is 22.0. The van der Waals surface area contributed by atoms with Gasteiger partial charge in [-0.05, 0) is 63.9 Å². The van der Waals surface area contributed by atoms with Gasteiger partial charge in [0.05, 0.1) is 11.4 Å². The number of likely N-dealkylation sites (tertiary alicyclic amines) is 1. The summed E-state index contributed by atoms with van der Waals surface area (Å²) in [4.78, 5) is 18.4. The number of piperidine rings is 1. The van der Waals surface area contributed by atoms with Crippen LogP contribution in [-0.4, -0.2) is 65.1 Å². The summed E-state index contributed by atoms with van der Waals surface area (Å²) >= 11 is 0. The first-order chi connectivity index (χ1) is 15.2. The van der Waals surface area contributed by atoms with Gasteiger partial charge in [0.15, 0.2) is 5.96 Å². The van der Waals surface area contributed by atoms with Crippen molar-refractivity contribution in [3.8, 4) is 5.69 Å². The topological polar surface area (TPSA) is 83.8 Å². The summed E-state index contributed by atoms with van der Waals surface area (Å²) in [7, 11) is 1.73. The lowest BCUT2D eigenvalue weighted by molar-refractivity contribution is 0.0193. The Hall–Kier alpha value is -2.37. The second-order valence-electron chi connectivity index (χ2n) is 8.89. The summed E-state index contributed by atoms with van der Waals surface area (Å²) in [5.74, 6) is 0.426. The number of amides is 1. The molecule has 2 N–H and O–H groups in total. The maximum Gasteiger partial charge on any atom is 0.410 e. The van der Waals surface area contributed by atoms with Crippen molar-refractivity contribution in [2.24, 2.45) is 4.99 Å². The van der Waals surface area contributed by atoms with Crippen LogP contribution in [-0.2, 0) is 11.2 Å². The van der Waals surface area contributed by atoms with E-state index in [1.807, 2.05) is 33.0 Å². The zero-order chi connectivity index (χ0) is 23.1. The lowest BCUT2D eigenvalue weighted by Gasteiger charge is -2.35. The number of carbonyl (C=O) groups excluding carboxylic acids is 1. The highest BCUT2D eigenvalue weighted by atomic mass is 127. The molecule has 33 heavy (non-hydrogen) atoms. The molecule has 1 fully saturated rings. The van der Waals surface area contributed by atoms with Gasteiger partial charge in [0.2, 0.25) is 0 Å². The van der Waals surface area contributed by atoms with Crippen molar-refractivity contribution >= 4 is 36.0 Å². The van der Waals surface area contributed by atoms with Crippen LogP contribution in [0.5, 0.6) is 0 Å². The normalized spacial score (nSPS) is 16.7. The number of benzene rings is 1. The molecular formula is C23H34FIN6O2. The minimum Gasteiger partial charge on any atom is -0.444 e. The molecule has 0 aliphatic carbocycles. The van der Waals surface area contributed by atoms with E-state index >= 15 is 0 Å². The summed E-state index contributed by atoms with van der Waals surface area (Å²) in [6.45, 7) is 7.56. The number of carbonyl (C=O) groups is 1. The van der Waals surface area contributed by atoms with Gasteiger partial charge in [0.1, 0.15) is 11.4 Å². The first-order valence-corrected chi connectivity index (χ1v) is 11.0.